The maximum Gasteiger partial charge on any atom is 0.233 e. The van der Waals surface area contributed by atoms with Crippen LogP contribution in [0.25, 0.3) is 5.95 Å². The van der Waals surface area contributed by atoms with Crippen molar-refractivity contribution in [1.29, 1.82) is 0 Å². The van der Waals surface area contributed by atoms with Crippen molar-refractivity contribution in [3.63, 3.8) is 0 Å². The summed E-state index contributed by atoms with van der Waals surface area (Å²) in [5, 5.41) is 0.812. The van der Waals surface area contributed by atoms with Crippen molar-refractivity contribution in [2.45, 2.75) is 25.8 Å². The van der Waals surface area contributed by atoms with Crippen molar-refractivity contribution in [2.75, 3.05) is 33.2 Å². The fourth-order valence-corrected chi connectivity index (χ4v) is 4.39. The Morgan fingerprint density at radius 1 is 1.03 bits per heavy atom. The van der Waals surface area contributed by atoms with E-state index >= 15 is 0 Å². The van der Waals surface area contributed by atoms with Crippen LogP contribution in [0.5, 0.6) is 0 Å². The summed E-state index contributed by atoms with van der Waals surface area (Å²) in [5.74, 6) is 1.50. The third-order valence-corrected chi connectivity index (χ3v) is 6.19. The van der Waals surface area contributed by atoms with Gasteiger partial charge in [-0.25, -0.2) is 9.97 Å². The molecule has 0 saturated carbocycles. The summed E-state index contributed by atoms with van der Waals surface area (Å²) in [7, 11) is 2.22. The van der Waals surface area contributed by atoms with Gasteiger partial charge in [0.1, 0.15) is 0 Å². The monoisotopic (exact) mass is 423 g/mol. The second-order valence-electron chi connectivity index (χ2n) is 8.28. The van der Waals surface area contributed by atoms with Crippen molar-refractivity contribution in [2.24, 2.45) is 5.92 Å². The maximum atomic E-state index is 5.98. The Morgan fingerprint density at radius 3 is 2.50 bits per heavy atom. The van der Waals surface area contributed by atoms with E-state index < -0.39 is 0 Å². The van der Waals surface area contributed by atoms with Crippen LogP contribution in [-0.2, 0) is 13.0 Å². The molecule has 0 atom stereocenters. The first-order chi connectivity index (χ1) is 14.7. The van der Waals surface area contributed by atoms with Crippen LogP contribution >= 0.6 is 11.6 Å². The topological polar surface area (TPSA) is 37.2 Å². The molecule has 158 valence electrons. The Balaban J connectivity index is 1.22. The van der Waals surface area contributed by atoms with Crippen molar-refractivity contribution >= 4 is 11.6 Å². The smallest absolute Gasteiger partial charge is 0.233 e. The summed E-state index contributed by atoms with van der Waals surface area (Å²) in [6, 6.07) is 14.3. The van der Waals surface area contributed by atoms with E-state index in [1.807, 2.05) is 24.4 Å². The standard InChI is InChI=1S/C24H30ClN5/c1-28(19-23-4-2-14-30(23)24-26-12-3-13-27-24)18-21-10-16-29(17-11-21)15-9-20-5-7-22(25)8-6-20/h2-8,12-14,21H,9-11,15-19H2,1H3. The summed E-state index contributed by atoms with van der Waals surface area (Å²) in [6.07, 6.45) is 9.26. The van der Waals surface area contributed by atoms with Crippen LogP contribution in [0.2, 0.25) is 5.02 Å². The van der Waals surface area contributed by atoms with Gasteiger partial charge in [-0.3, -0.25) is 4.57 Å². The molecule has 1 saturated heterocycles. The van der Waals surface area contributed by atoms with Gasteiger partial charge in [0.05, 0.1) is 0 Å². The summed E-state index contributed by atoms with van der Waals surface area (Å²) in [4.78, 5) is 13.8. The number of hydrogen-bond donors (Lipinski definition) is 0. The van der Waals surface area contributed by atoms with Crippen molar-refractivity contribution in [1.82, 2.24) is 24.3 Å². The molecule has 0 amide bonds. The summed E-state index contributed by atoms with van der Waals surface area (Å²) < 4.78 is 2.08. The van der Waals surface area contributed by atoms with Gasteiger partial charge in [-0.05, 0) is 81.2 Å². The molecule has 5 nitrogen and oxygen atoms in total. The minimum absolute atomic E-state index is 0.736. The number of aromatic nitrogens is 3. The molecule has 6 heteroatoms. The van der Waals surface area contributed by atoms with Gasteiger partial charge < -0.3 is 9.80 Å². The number of benzene rings is 1. The third-order valence-electron chi connectivity index (χ3n) is 5.94. The predicted molar refractivity (Wildman–Crippen MR) is 122 cm³/mol. The lowest BCUT2D eigenvalue weighted by atomic mass is 9.96. The molecule has 3 aromatic rings. The molecule has 0 aliphatic carbocycles. The Hall–Kier alpha value is -2.21. The minimum atomic E-state index is 0.736. The van der Waals surface area contributed by atoms with E-state index in [2.05, 4.69) is 55.6 Å². The van der Waals surface area contributed by atoms with Crippen LogP contribution in [0.4, 0.5) is 0 Å². The highest BCUT2D eigenvalue weighted by molar-refractivity contribution is 6.30. The molecule has 2 aromatic heterocycles. The largest absolute Gasteiger partial charge is 0.303 e. The lowest BCUT2D eigenvalue weighted by Gasteiger charge is -2.34. The zero-order chi connectivity index (χ0) is 20.8. The first-order valence-corrected chi connectivity index (χ1v) is 11.1. The van der Waals surface area contributed by atoms with Gasteiger partial charge in [-0.1, -0.05) is 23.7 Å². The highest BCUT2D eigenvalue weighted by atomic mass is 35.5. The van der Waals surface area contributed by atoms with Crippen LogP contribution in [0, 0.1) is 5.92 Å². The van der Waals surface area contributed by atoms with E-state index in [0.29, 0.717) is 0 Å². The quantitative estimate of drug-likeness (QED) is 0.541. The zero-order valence-corrected chi connectivity index (χ0v) is 18.4. The average Bonchev–Trinajstić information content (AvgIpc) is 3.23. The Morgan fingerprint density at radius 2 is 1.77 bits per heavy atom. The normalized spacial score (nSPS) is 15.7. The highest BCUT2D eigenvalue weighted by Crippen LogP contribution is 2.20. The summed E-state index contributed by atoms with van der Waals surface area (Å²) in [6.45, 7) is 5.56. The molecule has 30 heavy (non-hydrogen) atoms. The second kappa shape index (κ2) is 10.2. The predicted octanol–water partition coefficient (Wildman–Crippen LogP) is 4.31. The zero-order valence-electron chi connectivity index (χ0n) is 17.6. The lowest BCUT2D eigenvalue weighted by Crippen LogP contribution is -2.38. The van der Waals surface area contributed by atoms with Crippen LogP contribution in [-0.4, -0.2) is 57.6 Å². The molecular formula is C24H30ClN5. The van der Waals surface area contributed by atoms with E-state index in [-0.39, 0.29) is 0 Å². The number of piperidine rings is 1. The maximum absolute atomic E-state index is 5.98. The highest BCUT2D eigenvalue weighted by Gasteiger charge is 2.20. The van der Waals surface area contributed by atoms with Gasteiger partial charge in [-0.15, -0.1) is 0 Å². The molecule has 1 aliphatic rings. The van der Waals surface area contributed by atoms with E-state index in [1.54, 1.807) is 12.4 Å². The molecule has 1 aliphatic heterocycles. The molecule has 3 heterocycles. The lowest BCUT2D eigenvalue weighted by molar-refractivity contribution is 0.152. The first-order valence-electron chi connectivity index (χ1n) is 10.8. The average molecular weight is 424 g/mol. The van der Waals surface area contributed by atoms with Crippen LogP contribution in [0.3, 0.4) is 0 Å². The molecular weight excluding hydrogens is 394 g/mol. The van der Waals surface area contributed by atoms with Gasteiger partial charge in [0.2, 0.25) is 5.95 Å². The Bertz CT molecular complexity index is 901. The Kier molecular flexibility index (Phi) is 7.16. The van der Waals surface area contributed by atoms with Gasteiger partial charge in [0.25, 0.3) is 0 Å². The van der Waals surface area contributed by atoms with Gasteiger partial charge in [0, 0.05) is 48.9 Å². The molecule has 4 rings (SSSR count). The fourth-order valence-electron chi connectivity index (χ4n) is 4.27. The first kappa shape index (κ1) is 21.0. The van der Waals surface area contributed by atoms with E-state index in [9.17, 15) is 0 Å². The summed E-state index contributed by atoms with van der Waals surface area (Å²) >= 11 is 5.98. The number of hydrogen-bond acceptors (Lipinski definition) is 4. The summed E-state index contributed by atoms with van der Waals surface area (Å²) in [5.41, 5.74) is 2.59. The number of likely N-dealkylation sites (tertiary alicyclic amines) is 1. The SMILES string of the molecule is CN(Cc1cccn1-c1ncccn1)CC1CCN(CCc2ccc(Cl)cc2)CC1. The van der Waals surface area contributed by atoms with Crippen molar-refractivity contribution < 1.29 is 0 Å². The molecule has 1 fully saturated rings. The van der Waals surface area contributed by atoms with Crippen LogP contribution in [0.15, 0.2) is 61.1 Å². The Labute approximate surface area is 184 Å². The second-order valence-corrected chi connectivity index (χ2v) is 8.71. The molecule has 0 N–H and O–H groups in total. The minimum Gasteiger partial charge on any atom is -0.303 e. The van der Waals surface area contributed by atoms with Crippen molar-refractivity contribution in [3.05, 3.63) is 77.3 Å². The molecule has 0 spiro atoms. The molecule has 1 aromatic carbocycles. The molecule has 0 unspecified atom stereocenters. The van der Waals surface area contributed by atoms with Crippen LogP contribution in [0.1, 0.15) is 24.1 Å². The van der Waals surface area contributed by atoms with Gasteiger partial charge in [0.15, 0.2) is 0 Å². The fraction of sp³-hybridized carbons (Fsp3) is 0.417. The van der Waals surface area contributed by atoms with E-state index in [4.69, 9.17) is 11.6 Å². The number of nitrogens with zero attached hydrogens (tertiary/aromatic N) is 5. The van der Waals surface area contributed by atoms with Gasteiger partial charge >= 0.3 is 0 Å². The van der Waals surface area contributed by atoms with E-state index in [0.717, 1.165) is 42.9 Å². The van der Waals surface area contributed by atoms with Gasteiger partial charge in [-0.2, -0.15) is 0 Å². The van der Waals surface area contributed by atoms with Crippen LogP contribution < -0.4 is 0 Å². The van der Waals surface area contributed by atoms with Crippen molar-refractivity contribution in [3.8, 4) is 5.95 Å². The number of rotatable bonds is 8. The van der Waals surface area contributed by atoms with E-state index in [1.165, 1.54) is 37.2 Å². The molecule has 0 radical (unpaired) electrons. The third kappa shape index (κ3) is 5.69. The number of halogens is 1. The molecule has 0 bridgehead atoms.